The summed E-state index contributed by atoms with van der Waals surface area (Å²) in [5.74, 6) is 0.590. The standard InChI is InChI=1S/C52H39NOS/c1-2-14-34(15-3-1)39-23-11-16-35-17-12-25-44(51(35)39)41-20-4-7-27-47(41)53(38-30-31-49-46(33-38)42-21-5-8-28-48(42)54-49)37-19-10-18-36(32-37)40-24-13-26-45-43-22-6-9-29-50(43)55-52(40)45/h4-13,16-34H,1-3,14-15H2. The molecule has 0 bridgehead atoms. The van der Waals surface area contributed by atoms with E-state index in [2.05, 4.69) is 169 Å². The molecule has 1 fully saturated rings. The lowest BCUT2D eigenvalue weighted by molar-refractivity contribution is 0.445. The van der Waals surface area contributed by atoms with Gasteiger partial charge in [-0.25, -0.2) is 0 Å². The van der Waals surface area contributed by atoms with Crippen molar-refractivity contribution in [3.63, 3.8) is 0 Å². The molecule has 0 unspecified atom stereocenters. The summed E-state index contributed by atoms with van der Waals surface area (Å²) in [5.41, 5.74) is 11.6. The molecule has 8 aromatic carbocycles. The Kier molecular flexibility index (Phi) is 7.81. The van der Waals surface area contributed by atoms with Gasteiger partial charge in [0.2, 0.25) is 0 Å². The van der Waals surface area contributed by atoms with Crippen LogP contribution in [0.5, 0.6) is 0 Å². The first kappa shape index (κ1) is 32.3. The fourth-order valence-corrected chi connectivity index (χ4v) is 10.6. The molecule has 1 aliphatic rings. The maximum atomic E-state index is 6.34. The molecular formula is C52H39NOS. The molecule has 2 aromatic heterocycles. The predicted octanol–water partition coefficient (Wildman–Crippen LogP) is 16.0. The largest absolute Gasteiger partial charge is 0.456 e. The second-order valence-corrected chi connectivity index (χ2v) is 16.1. The highest BCUT2D eigenvalue weighted by Gasteiger charge is 2.24. The number of hydrogen-bond donors (Lipinski definition) is 0. The summed E-state index contributed by atoms with van der Waals surface area (Å²) in [6.45, 7) is 0. The number of hydrogen-bond acceptors (Lipinski definition) is 3. The van der Waals surface area contributed by atoms with Gasteiger partial charge in [0, 0.05) is 47.9 Å². The summed E-state index contributed by atoms with van der Waals surface area (Å²) >= 11 is 1.88. The molecule has 0 N–H and O–H groups in total. The Hall–Kier alpha value is -6.16. The second kappa shape index (κ2) is 13.3. The second-order valence-electron chi connectivity index (χ2n) is 15.0. The molecule has 264 valence electrons. The van der Waals surface area contributed by atoms with Gasteiger partial charge in [0.05, 0.1) is 5.69 Å². The van der Waals surface area contributed by atoms with Gasteiger partial charge in [-0.2, -0.15) is 0 Å². The topological polar surface area (TPSA) is 16.4 Å². The van der Waals surface area contributed by atoms with Crippen molar-refractivity contribution in [1.29, 1.82) is 0 Å². The fraction of sp³-hybridized carbons (Fsp3) is 0.115. The molecule has 1 saturated carbocycles. The maximum absolute atomic E-state index is 6.34. The molecule has 1 aliphatic carbocycles. The van der Waals surface area contributed by atoms with E-state index in [0.717, 1.165) is 39.0 Å². The number of thiophene rings is 1. The summed E-state index contributed by atoms with van der Waals surface area (Å²) in [5, 5.41) is 7.58. The van der Waals surface area contributed by atoms with Crippen LogP contribution in [0.4, 0.5) is 17.1 Å². The highest BCUT2D eigenvalue weighted by atomic mass is 32.1. The molecule has 0 amide bonds. The van der Waals surface area contributed by atoms with Crippen LogP contribution in [0.1, 0.15) is 43.6 Å². The third-order valence-electron chi connectivity index (χ3n) is 11.9. The first-order chi connectivity index (χ1) is 27.3. The average Bonchev–Trinajstić information content (AvgIpc) is 3.82. The van der Waals surface area contributed by atoms with Gasteiger partial charge in [0.1, 0.15) is 11.2 Å². The van der Waals surface area contributed by atoms with E-state index in [1.807, 2.05) is 17.4 Å². The van der Waals surface area contributed by atoms with Crippen molar-refractivity contribution in [2.75, 3.05) is 4.90 Å². The van der Waals surface area contributed by atoms with Crippen LogP contribution in [0.2, 0.25) is 0 Å². The molecule has 55 heavy (non-hydrogen) atoms. The van der Waals surface area contributed by atoms with Crippen LogP contribution in [0.25, 0.3) is 75.1 Å². The molecule has 2 heterocycles. The summed E-state index contributed by atoms with van der Waals surface area (Å²) in [6, 6.07) is 62.5. The van der Waals surface area contributed by atoms with Gasteiger partial charge in [-0.15, -0.1) is 11.3 Å². The van der Waals surface area contributed by atoms with Crippen LogP contribution in [-0.4, -0.2) is 0 Å². The Labute approximate surface area is 324 Å². The highest BCUT2D eigenvalue weighted by Crippen LogP contribution is 2.48. The number of furan rings is 1. The third-order valence-corrected chi connectivity index (χ3v) is 13.1. The SMILES string of the molecule is c1cc(-c2cccc3c2sc2ccccc23)cc(N(c2ccc3oc4ccccc4c3c2)c2ccccc2-c2cccc3cccc(C4CCCCC4)c23)c1. The predicted molar refractivity (Wildman–Crippen MR) is 235 cm³/mol. The van der Waals surface area contributed by atoms with Gasteiger partial charge in [0.15, 0.2) is 0 Å². The number of anilines is 3. The van der Waals surface area contributed by atoms with Gasteiger partial charge < -0.3 is 9.32 Å². The molecule has 3 heteroatoms. The Morgan fingerprint density at radius 1 is 0.491 bits per heavy atom. The monoisotopic (exact) mass is 725 g/mol. The minimum absolute atomic E-state index is 0.590. The van der Waals surface area contributed by atoms with E-state index in [9.17, 15) is 0 Å². The normalized spacial score (nSPS) is 13.7. The zero-order chi connectivity index (χ0) is 36.3. The van der Waals surface area contributed by atoms with Gasteiger partial charge in [0.25, 0.3) is 0 Å². The quantitative estimate of drug-likeness (QED) is 0.170. The van der Waals surface area contributed by atoms with Crippen LogP contribution < -0.4 is 4.90 Å². The van der Waals surface area contributed by atoms with E-state index >= 15 is 0 Å². The minimum Gasteiger partial charge on any atom is -0.456 e. The van der Waals surface area contributed by atoms with E-state index in [0.29, 0.717) is 5.92 Å². The Balaban J connectivity index is 1.15. The Bertz CT molecular complexity index is 3050. The lowest BCUT2D eigenvalue weighted by atomic mass is 9.80. The van der Waals surface area contributed by atoms with Crippen LogP contribution >= 0.6 is 11.3 Å². The first-order valence-corrected chi connectivity index (χ1v) is 20.4. The van der Waals surface area contributed by atoms with Crippen LogP contribution in [0.15, 0.2) is 174 Å². The van der Waals surface area contributed by atoms with Crippen molar-refractivity contribution >= 4 is 81.3 Å². The molecule has 0 spiro atoms. The fourth-order valence-electron chi connectivity index (χ4n) is 9.31. The van der Waals surface area contributed by atoms with E-state index < -0.39 is 0 Å². The molecular weight excluding hydrogens is 687 g/mol. The van der Waals surface area contributed by atoms with Crippen LogP contribution in [0, 0.1) is 0 Å². The maximum Gasteiger partial charge on any atom is 0.135 e. The molecule has 11 rings (SSSR count). The van der Waals surface area contributed by atoms with Crippen molar-refractivity contribution in [3.05, 3.63) is 175 Å². The van der Waals surface area contributed by atoms with Crippen molar-refractivity contribution in [1.82, 2.24) is 0 Å². The average molecular weight is 726 g/mol. The van der Waals surface area contributed by atoms with Gasteiger partial charge in [-0.3, -0.25) is 0 Å². The van der Waals surface area contributed by atoms with Gasteiger partial charge >= 0.3 is 0 Å². The van der Waals surface area contributed by atoms with E-state index in [1.165, 1.54) is 90.9 Å². The van der Waals surface area contributed by atoms with E-state index in [4.69, 9.17) is 4.42 Å². The van der Waals surface area contributed by atoms with Crippen molar-refractivity contribution in [2.45, 2.75) is 38.0 Å². The van der Waals surface area contributed by atoms with Gasteiger partial charge in [-0.05, 0) is 100 Å². The molecule has 10 aromatic rings. The third kappa shape index (κ3) is 5.45. The van der Waals surface area contributed by atoms with Crippen LogP contribution in [0.3, 0.4) is 0 Å². The van der Waals surface area contributed by atoms with Crippen LogP contribution in [-0.2, 0) is 0 Å². The number of nitrogens with zero attached hydrogens (tertiary/aromatic N) is 1. The molecule has 0 radical (unpaired) electrons. The number of fused-ring (bicyclic) bond motifs is 7. The Morgan fingerprint density at radius 3 is 2.11 bits per heavy atom. The van der Waals surface area contributed by atoms with Crippen molar-refractivity contribution in [2.24, 2.45) is 0 Å². The number of benzene rings is 8. The van der Waals surface area contributed by atoms with E-state index in [1.54, 1.807) is 0 Å². The molecule has 2 nitrogen and oxygen atoms in total. The lowest BCUT2D eigenvalue weighted by Gasteiger charge is -2.29. The molecule has 0 aliphatic heterocycles. The Morgan fingerprint density at radius 2 is 1.18 bits per heavy atom. The van der Waals surface area contributed by atoms with Crippen molar-refractivity contribution < 1.29 is 4.42 Å². The lowest BCUT2D eigenvalue weighted by Crippen LogP contribution is -2.11. The minimum atomic E-state index is 0.590. The summed E-state index contributed by atoms with van der Waals surface area (Å²) in [6.07, 6.45) is 6.49. The van der Waals surface area contributed by atoms with E-state index in [-0.39, 0.29) is 0 Å². The number of para-hydroxylation sites is 2. The zero-order valence-corrected chi connectivity index (χ0v) is 31.4. The molecule has 0 saturated heterocycles. The number of rotatable bonds is 6. The summed E-state index contributed by atoms with van der Waals surface area (Å²) < 4.78 is 8.98. The smallest absolute Gasteiger partial charge is 0.135 e. The molecule has 0 atom stereocenters. The zero-order valence-electron chi connectivity index (χ0n) is 30.5. The first-order valence-electron chi connectivity index (χ1n) is 19.6. The summed E-state index contributed by atoms with van der Waals surface area (Å²) in [7, 11) is 0. The highest BCUT2D eigenvalue weighted by molar-refractivity contribution is 7.26. The van der Waals surface area contributed by atoms with Crippen molar-refractivity contribution in [3.8, 4) is 22.3 Å². The summed E-state index contributed by atoms with van der Waals surface area (Å²) in [4.78, 5) is 2.47. The van der Waals surface area contributed by atoms with Gasteiger partial charge in [-0.1, -0.05) is 141 Å².